The molecule has 0 heterocycles. The van der Waals surface area contributed by atoms with Crippen molar-refractivity contribution in [3.05, 3.63) is 58.1 Å². The van der Waals surface area contributed by atoms with E-state index < -0.39 is 10.0 Å². The van der Waals surface area contributed by atoms with Gasteiger partial charge in [0.2, 0.25) is 0 Å². The quantitative estimate of drug-likeness (QED) is 0.825. The second kappa shape index (κ2) is 6.63. The van der Waals surface area contributed by atoms with Crippen molar-refractivity contribution in [1.82, 2.24) is 5.32 Å². The van der Waals surface area contributed by atoms with Crippen molar-refractivity contribution in [2.45, 2.75) is 23.8 Å². The van der Waals surface area contributed by atoms with Crippen LogP contribution in [0.15, 0.2) is 47.4 Å². The van der Waals surface area contributed by atoms with E-state index in [1.807, 2.05) is 0 Å². The molecule has 0 unspecified atom stereocenters. The second-order valence-corrected chi connectivity index (χ2v) is 8.09. The Labute approximate surface area is 150 Å². The molecule has 2 N–H and O–H groups in total. The van der Waals surface area contributed by atoms with Crippen LogP contribution in [-0.4, -0.2) is 20.4 Å². The molecule has 126 valence electrons. The maximum atomic E-state index is 12.4. The molecule has 0 bridgehead atoms. The highest BCUT2D eigenvalue weighted by atomic mass is 35.5. The molecular weight excluding hydrogens is 371 g/mol. The molecule has 3 rings (SSSR count). The monoisotopic (exact) mass is 384 g/mol. The number of hydrogen-bond donors (Lipinski definition) is 2. The Morgan fingerprint density at radius 3 is 2.12 bits per heavy atom. The van der Waals surface area contributed by atoms with Crippen LogP contribution >= 0.6 is 23.2 Å². The number of nitrogens with one attached hydrogen (secondary N) is 2. The summed E-state index contributed by atoms with van der Waals surface area (Å²) in [6.45, 7) is 0. The van der Waals surface area contributed by atoms with E-state index in [0.29, 0.717) is 11.3 Å². The number of carbonyl (C=O) groups is 1. The van der Waals surface area contributed by atoms with Crippen LogP contribution in [0.3, 0.4) is 0 Å². The van der Waals surface area contributed by atoms with Gasteiger partial charge in [-0.3, -0.25) is 9.52 Å². The lowest BCUT2D eigenvalue weighted by atomic mass is 10.2. The fourth-order valence-electron chi connectivity index (χ4n) is 2.08. The van der Waals surface area contributed by atoms with Gasteiger partial charge in [-0.05, 0) is 55.3 Å². The summed E-state index contributed by atoms with van der Waals surface area (Å²) < 4.78 is 27.2. The van der Waals surface area contributed by atoms with E-state index in [0.717, 1.165) is 12.8 Å². The zero-order valence-electron chi connectivity index (χ0n) is 12.4. The summed E-state index contributed by atoms with van der Waals surface area (Å²) in [5, 5.41) is 3.33. The highest BCUT2D eigenvalue weighted by Crippen LogP contribution is 2.24. The molecule has 1 aliphatic carbocycles. The lowest BCUT2D eigenvalue weighted by Crippen LogP contribution is -2.25. The van der Waals surface area contributed by atoms with Gasteiger partial charge in [-0.2, -0.15) is 0 Å². The van der Waals surface area contributed by atoms with Crippen molar-refractivity contribution in [3.8, 4) is 0 Å². The predicted molar refractivity (Wildman–Crippen MR) is 94.2 cm³/mol. The van der Waals surface area contributed by atoms with Crippen LogP contribution in [-0.2, 0) is 10.0 Å². The van der Waals surface area contributed by atoms with E-state index in [1.165, 1.54) is 30.3 Å². The van der Waals surface area contributed by atoms with Gasteiger partial charge in [0.15, 0.2) is 0 Å². The largest absolute Gasteiger partial charge is 0.349 e. The molecule has 0 saturated heterocycles. The number of amides is 1. The second-order valence-electron chi connectivity index (χ2n) is 5.54. The zero-order chi connectivity index (χ0) is 17.3. The zero-order valence-corrected chi connectivity index (χ0v) is 14.8. The summed E-state index contributed by atoms with van der Waals surface area (Å²) in [5.41, 5.74) is 0.824. The summed E-state index contributed by atoms with van der Waals surface area (Å²) in [6, 6.07) is 10.6. The van der Waals surface area contributed by atoms with E-state index in [2.05, 4.69) is 10.0 Å². The van der Waals surface area contributed by atoms with Gasteiger partial charge < -0.3 is 5.32 Å². The molecule has 2 aromatic carbocycles. The van der Waals surface area contributed by atoms with Crippen LogP contribution in [0.4, 0.5) is 5.69 Å². The van der Waals surface area contributed by atoms with Gasteiger partial charge in [0, 0.05) is 27.3 Å². The topological polar surface area (TPSA) is 75.3 Å². The number of benzene rings is 2. The lowest BCUT2D eigenvalue weighted by Gasteiger charge is -2.10. The molecule has 2 aromatic rings. The maximum Gasteiger partial charge on any atom is 0.261 e. The first-order chi connectivity index (χ1) is 11.3. The lowest BCUT2D eigenvalue weighted by molar-refractivity contribution is 0.0951. The molecule has 1 fully saturated rings. The van der Waals surface area contributed by atoms with Crippen molar-refractivity contribution >= 4 is 44.8 Å². The van der Waals surface area contributed by atoms with Crippen LogP contribution in [0.1, 0.15) is 23.2 Å². The van der Waals surface area contributed by atoms with Crippen molar-refractivity contribution in [2.75, 3.05) is 4.72 Å². The molecule has 8 heteroatoms. The average Bonchev–Trinajstić information content (AvgIpc) is 3.30. The average molecular weight is 385 g/mol. The Hall–Kier alpha value is -1.76. The Balaban J connectivity index is 1.75. The van der Waals surface area contributed by atoms with Crippen LogP contribution in [0.2, 0.25) is 10.0 Å². The molecule has 24 heavy (non-hydrogen) atoms. The molecule has 0 atom stereocenters. The minimum absolute atomic E-state index is 0.0319. The first kappa shape index (κ1) is 17.1. The highest BCUT2D eigenvalue weighted by Gasteiger charge is 2.23. The molecule has 0 spiro atoms. The summed E-state index contributed by atoms with van der Waals surface area (Å²) in [5.74, 6) is -0.159. The minimum Gasteiger partial charge on any atom is -0.349 e. The van der Waals surface area contributed by atoms with Gasteiger partial charge in [-0.15, -0.1) is 0 Å². The first-order valence-corrected chi connectivity index (χ1v) is 9.47. The first-order valence-electron chi connectivity index (χ1n) is 7.23. The number of anilines is 1. The van der Waals surface area contributed by atoms with Crippen molar-refractivity contribution in [3.63, 3.8) is 0 Å². The number of sulfonamides is 1. The Kier molecular flexibility index (Phi) is 4.71. The standard InChI is InChI=1S/C16H14Cl2N2O3S/c17-11-7-12(18)9-15(8-11)24(22,23)20-14-3-1-10(2-4-14)16(21)19-13-5-6-13/h1-4,7-9,13,20H,5-6H2,(H,19,21). The Bertz CT molecular complexity index is 858. The summed E-state index contributed by atoms with van der Waals surface area (Å²) in [7, 11) is -3.82. The Morgan fingerprint density at radius 1 is 1.00 bits per heavy atom. The third-order valence-corrected chi connectivity index (χ3v) is 5.26. The number of carbonyl (C=O) groups excluding carboxylic acids is 1. The molecular formula is C16H14Cl2N2O3S. The highest BCUT2D eigenvalue weighted by molar-refractivity contribution is 7.92. The smallest absolute Gasteiger partial charge is 0.261 e. The third kappa shape index (κ3) is 4.20. The summed E-state index contributed by atoms with van der Waals surface area (Å²) in [6.07, 6.45) is 2.01. The summed E-state index contributed by atoms with van der Waals surface area (Å²) >= 11 is 11.7. The van der Waals surface area contributed by atoms with E-state index in [9.17, 15) is 13.2 Å². The fourth-order valence-corrected chi connectivity index (χ4v) is 3.87. The van der Waals surface area contributed by atoms with E-state index in [1.54, 1.807) is 12.1 Å². The van der Waals surface area contributed by atoms with Crippen molar-refractivity contribution < 1.29 is 13.2 Å². The molecule has 0 aromatic heterocycles. The fraction of sp³-hybridized carbons (Fsp3) is 0.188. The van der Waals surface area contributed by atoms with Crippen molar-refractivity contribution in [2.24, 2.45) is 0 Å². The third-order valence-electron chi connectivity index (χ3n) is 3.46. The molecule has 1 aliphatic rings. The SMILES string of the molecule is O=C(NC1CC1)c1ccc(NS(=O)(=O)c2cc(Cl)cc(Cl)c2)cc1. The predicted octanol–water partition coefficient (Wildman–Crippen LogP) is 3.69. The van der Waals surface area contributed by atoms with Gasteiger partial charge in [-0.25, -0.2) is 8.42 Å². The minimum atomic E-state index is -3.82. The van der Waals surface area contributed by atoms with Crippen LogP contribution in [0.5, 0.6) is 0 Å². The van der Waals surface area contributed by atoms with E-state index in [-0.39, 0.29) is 26.9 Å². The van der Waals surface area contributed by atoms with Crippen LogP contribution in [0, 0.1) is 0 Å². The van der Waals surface area contributed by atoms with E-state index in [4.69, 9.17) is 23.2 Å². The molecule has 0 aliphatic heterocycles. The van der Waals surface area contributed by atoms with Gasteiger partial charge >= 0.3 is 0 Å². The van der Waals surface area contributed by atoms with Gasteiger partial charge in [0.05, 0.1) is 4.90 Å². The molecule has 1 amide bonds. The summed E-state index contributed by atoms with van der Waals surface area (Å²) in [4.78, 5) is 11.9. The number of hydrogen-bond acceptors (Lipinski definition) is 3. The van der Waals surface area contributed by atoms with Gasteiger partial charge in [0.25, 0.3) is 15.9 Å². The van der Waals surface area contributed by atoms with Gasteiger partial charge in [-0.1, -0.05) is 23.2 Å². The molecule has 5 nitrogen and oxygen atoms in total. The van der Waals surface area contributed by atoms with E-state index >= 15 is 0 Å². The molecule has 1 saturated carbocycles. The van der Waals surface area contributed by atoms with Crippen LogP contribution in [0.25, 0.3) is 0 Å². The number of halogens is 2. The van der Waals surface area contributed by atoms with Crippen LogP contribution < -0.4 is 10.0 Å². The van der Waals surface area contributed by atoms with Crippen molar-refractivity contribution in [1.29, 1.82) is 0 Å². The van der Waals surface area contributed by atoms with Gasteiger partial charge in [0.1, 0.15) is 0 Å². The maximum absolute atomic E-state index is 12.4. The Morgan fingerprint density at radius 2 is 1.58 bits per heavy atom. The molecule has 0 radical (unpaired) electrons. The number of rotatable bonds is 5. The normalized spacial score (nSPS) is 14.2.